The Morgan fingerprint density at radius 2 is 2.15 bits per heavy atom. The van der Waals surface area contributed by atoms with Gasteiger partial charge in [0.1, 0.15) is 17.9 Å². The van der Waals surface area contributed by atoms with Gasteiger partial charge in [0.05, 0.1) is 48.3 Å². The van der Waals surface area contributed by atoms with Crippen molar-refractivity contribution in [3.05, 3.63) is 65.4 Å². The number of nitriles is 1. The quantitative estimate of drug-likeness (QED) is 0.418. The van der Waals surface area contributed by atoms with Crippen LogP contribution >= 0.6 is 0 Å². The molecule has 1 aromatic heterocycles. The molecule has 4 heterocycles. The Kier molecular flexibility index (Phi) is 7.16. The molecule has 0 radical (unpaired) electrons. The van der Waals surface area contributed by atoms with Crippen molar-refractivity contribution in [1.82, 2.24) is 10.3 Å². The fourth-order valence-electron chi connectivity index (χ4n) is 5.68. The number of fused-ring (bicyclic) bond motifs is 2. The van der Waals surface area contributed by atoms with Gasteiger partial charge in [0.15, 0.2) is 0 Å². The minimum absolute atomic E-state index is 0.0712. The van der Waals surface area contributed by atoms with Crippen LogP contribution in [0.4, 0.5) is 17.1 Å². The summed E-state index contributed by atoms with van der Waals surface area (Å²) in [5.41, 5.74) is 5.36. The van der Waals surface area contributed by atoms with Gasteiger partial charge in [-0.2, -0.15) is 5.26 Å². The van der Waals surface area contributed by atoms with E-state index in [0.29, 0.717) is 53.2 Å². The van der Waals surface area contributed by atoms with Crippen LogP contribution in [0, 0.1) is 11.3 Å². The molecular formula is C30H31N5O4. The number of carbonyl (C=O) groups excluding carboxylic acids is 1. The number of amides is 1. The van der Waals surface area contributed by atoms with Gasteiger partial charge in [-0.25, -0.2) is 0 Å². The number of nitrogens with one attached hydrogen (secondary N) is 2. The average Bonchev–Trinajstić information content (AvgIpc) is 3.61. The Balaban J connectivity index is 1.47. The van der Waals surface area contributed by atoms with Crippen molar-refractivity contribution >= 4 is 33.9 Å². The molecule has 2 aromatic carbocycles. The van der Waals surface area contributed by atoms with Crippen molar-refractivity contribution in [3.63, 3.8) is 0 Å². The van der Waals surface area contributed by atoms with Crippen molar-refractivity contribution in [3.8, 4) is 11.8 Å². The second-order valence-electron chi connectivity index (χ2n) is 10.2. The van der Waals surface area contributed by atoms with Gasteiger partial charge < -0.3 is 30.1 Å². The van der Waals surface area contributed by atoms with Crippen molar-refractivity contribution in [2.45, 2.75) is 37.8 Å². The topological polar surface area (TPSA) is 120 Å². The molecule has 2 atom stereocenters. The molecule has 3 aliphatic rings. The molecule has 0 saturated carbocycles. The first-order valence-electron chi connectivity index (χ1n) is 13.4. The second kappa shape index (κ2) is 11.0. The smallest absolute Gasteiger partial charge is 0.248 e. The molecule has 9 heteroatoms. The standard InChI is InChI=1S/C30H31N5O4/c31-15-21-16-33-25-14-28(39-23-7-10-38-18-23)26(34-29(37)11-19-5-8-32-9-6-19)13-24(25)30(21)35-22(17-36)12-20-3-1-2-4-27(20)35/h1-4,11,13-14,16,22-23,32,36H,5-10,12,17-18H2,(H,34,37). The van der Waals surface area contributed by atoms with Crippen LogP contribution in [0.2, 0.25) is 0 Å². The molecule has 200 valence electrons. The Hall–Kier alpha value is -3.97. The Labute approximate surface area is 227 Å². The monoisotopic (exact) mass is 525 g/mol. The highest BCUT2D eigenvalue weighted by Crippen LogP contribution is 2.44. The summed E-state index contributed by atoms with van der Waals surface area (Å²) >= 11 is 0. The van der Waals surface area contributed by atoms with Gasteiger partial charge in [0.2, 0.25) is 5.91 Å². The summed E-state index contributed by atoms with van der Waals surface area (Å²) in [7, 11) is 0. The highest BCUT2D eigenvalue weighted by Gasteiger charge is 2.33. The van der Waals surface area contributed by atoms with Gasteiger partial charge in [-0.05, 0) is 50.0 Å². The largest absolute Gasteiger partial charge is 0.486 e. The first kappa shape index (κ1) is 25.3. The van der Waals surface area contributed by atoms with E-state index in [1.807, 2.05) is 41.3 Å². The predicted molar refractivity (Wildman–Crippen MR) is 148 cm³/mol. The Morgan fingerprint density at radius 1 is 1.31 bits per heavy atom. The second-order valence-corrected chi connectivity index (χ2v) is 10.2. The highest BCUT2D eigenvalue weighted by atomic mass is 16.5. The minimum Gasteiger partial charge on any atom is -0.486 e. The third-order valence-corrected chi connectivity index (χ3v) is 7.61. The van der Waals surface area contributed by atoms with E-state index in [1.54, 1.807) is 12.3 Å². The van der Waals surface area contributed by atoms with Crippen LogP contribution in [0.3, 0.4) is 0 Å². The number of rotatable bonds is 6. The van der Waals surface area contributed by atoms with E-state index in [2.05, 4.69) is 21.7 Å². The molecule has 0 bridgehead atoms. The summed E-state index contributed by atoms with van der Waals surface area (Å²) in [5.74, 6) is 0.295. The van der Waals surface area contributed by atoms with Crippen LogP contribution in [0.5, 0.6) is 5.75 Å². The molecule has 3 aromatic rings. The summed E-state index contributed by atoms with van der Waals surface area (Å²) in [6, 6.07) is 13.7. The van der Waals surface area contributed by atoms with Crippen LogP contribution in [0.15, 0.2) is 54.2 Å². The van der Waals surface area contributed by atoms with Gasteiger partial charge in [0.25, 0.3) is 0 Å². The molecule has 0 spiro atoms. The number of nitrogens with zero attached hydrogens (tertiary/aromatic N) is 3. The first-order chi connectivity index (χ1) is 19.1. The molecule has 6 rings (SSSR count). The third kappa shape index (κ3) is 5.06. The SMILES string of the molecule is N#Cc1cnc2cc(OC3CCOC3)c(NC(=O)C=C3CCNCC3)cc2c1N1c2ccccc2CC1CO. The molecule has 0 aliphatic carbocycles. The van der Waals surface area contributed by atoms with Crippen LogP contribution in [-0.4, -0.2) is 61.1 Å². The zero-order chi connectivity index (χ0) is 26.8. The number of aliphatic hydroxyl groups excluding tert-OH is 1. The number of pyridine rings is 1. The van der Waals surface area contributed by atoms with Crippen molar-refractivity contribution in [2.75, 3.05) is 43.1 Å². The molecule has 2 unspecified atom stereocenters. The number of hydrogen-bond acceptors (Lipinski definition) is 8. The molecule has 3 N–H and O–H groups in total. The lowest BCUT2D eigenvalue weighted by molar-refractivity contribution is -0.112. The maximum absolute atomic E-state index is 13.1. The Bertz CT molecular complexity index is 1470. The molecule has 9 nitrogen and oxygen atoms in total. The lowest BCUT2D eigenvalue weighted by atomic mass is 10.0. The lowest BCUT2D eigenvalue weighted by Gasteiger charge is -2.29. The molecule has 2 saturated heterocycles. The zero-order valence-electron chi connectivity index (χ0n) is 21.7. The molecule has 3 aliphatic heterocycles. The van der Waals surface area contributed by atoms with Gasteiger partial charge in [0, 0.05) is 35.8 Å². The van der Waals surface area contributed by atoms with Crippen molar-refractivity contribution in [2.24, 2.45) is 0 Å². The number of aromatic nitrogens is 1. The summed E-state index contributed by atoms with van der Waals surface area (Å²) < 4.78 is 11.8. The number of para-hydroxylation sites is 1. The van der Waals surface area contributed by atoms with E-state index in [-0.39, 0.29) is 24.7 Å². The number of benzene rings is 2. The summed E-state index contributed by atoms with van der Waals surface area (Å²) in [6.45, 7) is 2.77. The van der Waals surface area contributed by atoms with E-state index < -0.39 is 0 Å². The lowest BCUT2D eigenvalue weighted by Crippen LogP contribution is -2.31. The van der Waals surface area contributed by atoms with Gasteiger partial charge in [-0.3, -0.25) is 9.78 Å². The van der Waals surface area contributed by atoms with Gasteiger partial charge in [-0.15, -0.1) is 0 Å². The van der Waals surface area contributed by atoms with Crippen LogP contribution in [-0.2, 0) is 16.0 Å². The average molecular weight is 526 g/mol. The summed E-state index contributed by atoms with van der Waals surface area (Å²) in [5, 5.41) is 27.4. The van der Waals surface area contributed by atoms with Crippen molar-refractivity contribution in [1.29, 1.82) is 5.26 Å². The van der Waals surface area contributed by atoms with E-state index in [0.717, 1.165) is 49.2 Å². The predicted octanol–water partition coefficient (Wildman–Crippen LogP) is 3.58. The number of anilines is 3. The number of piperidine rings is 1. The molecule has 1 amide bonds. The van der Waals surface area contributed by atoms with Gasteiger partial charge >= 0.3 is 0 Å². The van der Waals surface area contributed by atoms with E-state index in [4.69, 9.17) is 9.47 Å². The maximum atomic E-state index is 13.1. The van der Waals surface area contributed by atoms with Crippen LogP contribution in [0.25, 0.3) is 10.9 Å². The van der Waals surface area contributed by atoms with E-state index >= 15 is 0 Å². The van der Waals surface area contributed by atoms with Crippen molar-refractivity contribution < 1.29 is 19.4 Å². The number of hydrogen-bond donors (Lipinski definition) is 3. The van der Waals surface area contributed by atoms with E-state index in [1.165, 1.54) is 0 Å². The third-order valence-electron chi connectivity index (χ3n) is 7.61. The number of ether oxygens (including phenoxy) is 2. The Morgan fingerprint density at radius 3 is 2.92 bits per heavy atom. The summed E-state index contributed by atoms with van der Waals surface area (Å²) in [4.78, 5) is 19.8. The van der Waals surface area contributed by atoms with Gasteiger partial charge in [-0.1, -0.05) is 23.8 Å². The van der Waals surface area contributed by atoms with E-state index in [9.17, 15) is 15.2 Å². The molecule has 2 fully saturated rings. The zero-order valence-corrected chi connectivity index (χ0v) is 21.7. The first-order valence-corrected chi connectivity index (χ1v) is 13.4. The highest BCUT2D eigenvalue weighted by molar-refractivity contribution is 6.05. The normalized spacial score (nSPS) is 20.5. The fraction of sp³-hybridized carbons (Fsp3) is 0.367. The molecule has 39 heavy (non-hydrogen) atoms. The van der Waals surface area contributed by atoms with Crippen LogP contribution in [0.1, 0.15) is 30.4 Å². The van der Waals surface area contributed by atoms with Crippen LogP contribution < -0.4 is 20.3 Å². The number of aliphatic hydroxyl groups is 1. The number of carbonyl (C=O) groups is 1. The summed E-state index contributed by atoms with van der Waals surface area (Å²) in [6.07, 6.45) is 6.22. The molecular weight excluding hydrogens is 494 g/mol. The fourth-order valence-corrected chi connectivity index (χ4v) is 5.68. The maximum Gasteiger partial charge on any atom is 0.248 e. The minimum atomic E-state index is -0.227.